The molecule has 1 N–H and O–H groups in total. The fraction of sp³-hybridized carbons (Fsp3) is 0.300. The highest BCUT2D eigenvalue weighted by molar-refractivity contribution is 5.79. The topological polar surface area (TPSA) is 32.6 Å². The van der Waals surface area contributed by atoms with Crippen molar-refractivity contribution < 1.29 is 5.11 Å². The largest absolute Gasteiger partial charge is 0.372 e. The first-order valence-corrected chi connectivity index (χ1v) is 4.09. The third kappa shape index (κ3) is 2.84. The predicted octanol–water partition coefficient (Wildman–Crippen LogP) is 1.83. The maximum atomic E-state index is 9.12. The first-order chi connectivity index (χ1) is 5.83. The summed E-state index contributed by atoms with van der Waals surface area (Å²) in [5, 5.41) is 9.12. The molecule has 1 aromatic rings. The van der Waals surface area contributed by atoms with Gasteiger partial charge in [0.05, 0.1) is 0 Å². The number of hydrogen-bond donors (Lipinski definition) is 1. The van der Waals surface area contributed by atoms with Crippen LogP contribution in [0.3, 0.4) is 0 Å². The second-order valence-corrected chi connectivity index (χ2v) is 2.58. The van der Waals surface area contributed by atoms with Crippen molar-refractivity contribution >= 4 is 6.21 Å². The molecule has 0 saturated carbocycles. The smallest absolute Gasteiger partial charge is 0.144 e. The lowest BCUT2D eigenvalue weighted by Gasteiger charge is -1.98. The minimum Gasteiger partial charge on any atom is -0.372 e. The van der Waals surface area contributed by atoms with Crippen molar-refractivity contribution in [3.63, 3.8) is 0 Å². The Morgan fingerprint density at radius 3 is 2.67 bits per heavy atom. The van der Waals surface area contributed by atoms with Crippen molar-refractivity contribution in [3.05, 3.63) is 35.9 Å². The Balaban J connectivity index is 2.58. The molecule has 0 fully saturated rings. The van der Waals surface area contributed by atoms with Crippen LogP contribution in [0.4, 0.5) is 0 Å². The summed E-state index contributed by atoms with van der Waals surface area (Å²) in [4.78, 5) is 3.94. The number of aliphatic hydroxyl groups is 1. The summed E-state index contributed by atoms with van der Waals surface area (Å²) in [5.41, 5.74) is 1.02. The van der Waals surface area contributed by atoms with Crippen LogP contribution in [0.5, 0.6) is 0 Å². The van der Waals surface area contributed by atoms with Gasteiger partial charge in [-0.25, -0.2) is 0 Å². The number of nitrogens with zero attached hydrogens (tertiary/aromatic N) is 1. The van der Waals surface area contributed by atoms with Gasteiger partial charge in [-0.3, -0.25) is 4.99 Å². The van der Waals surface area contributed by atoms with E-state index in [1.165, 1.54) is 0 Å². The SMILES string of the molecule is CCC(O)/N=C/c1ccccc1. The highest BCUT2D eigenvalue weighted by atomic mass is 16.3. The molecule has 1 atom stereocenters. The molecular formula is C10H13NO. The minimum atomic E-state index is -0.565. The normalized spacial score (nSPS) is 13.5. The third-order valence-electron chi connectivity index (χ3n) is 1.56. The van der Waals surface area contributed by atoms with Crippen molar-refractivity contribution in [2.24, 2.45) is 4.99 Å². The van der Waals surface area contributed by atoms with E-state index in [-0.39, 0.29) is 0 Å². The van der Waals surface area contributed by atoms with E-state index in [2.05, 4.69) is 4.99 Å². The van der Waals surface area contributed by atoms with Gasteiger partial charge in [-0.05, 0) is 12.0 Å². The molecule has 0 aliphatic carbocycles. The highest BCUT2D eigenvalue weighted by Gasteiger charge is 1.92. The molecule has 1 rings (SSSR count). The first-order valence-electron chi connectivity index (χ1n) is 4.09. The van der Waals surface area contributed by atoms with Gasteiger partial charge in [0.1, 0.15) is 6.23 Å². The van der Waals surface area contributed by atoms with Crippen LogP contribution >= 0.6 is 0 Å². The van der Waals surface area contributed by atoms with Gasteiger partial charge >= 0.3 is 0 Å². The van der Waals surface area contributed by atoms with E-state index in [0.717, 1.165) is 5.56 Å². The minimum absolute atomic E-state index is 0.565. The highest BCUT2D eigenvalue weighted by Crippen LogP contribution is 1.96. The predicted molar refractivity (Wildman–Crippen MR) is 50.3 cm³/mol. The molecule has 1 unspecified atom stereocenters. The lowest BCUT2D eigenvalue weighted by atomic mass is 10.2. The Bertz CT molecular complexity index is 243. The Hall–Kier alpha value is -1.15. The van der Waals surface area contributed by atoms with Crippen LogP contribution in [0.25, 0.3) is 0 Å². The Morgan fingerprint density at radius 2 is 2.08 bits per heavy atom. The maximum Gasteiger partial charge on any atom is 0.144 e. The fourth-order valence-corrected chi connectivity index (χ4v) is 0.817. The molecule has 12 heavy (non-hydrogen) atoms. The van der Waals surface area contributed by atoms with Gasteiger partial charge in [0.15, 0.2) is 0 Å². The zero-order chi connectivity index (χ0) is 8.81. The molecule has 0 radical (unpaired) electrons. The van der Waals surface area contributed by atoms with Crippen LogP contribution in [-0.2, 0) is 0 Å². The molecule has 0 bridgehead atoms. The van der Waals surface area contributed by atoms with Crippen molar-refractivity contribution in [3.8, 4) is 0 Å². The zero-order valence-electron chi connectivity index (χ0n) is 7.14. The Kier molecular flexibility index (Phi) is 3.48. The van der Waals surface area contributed by atoms with Gasteiger partial charge in [-0.1, -0.05) is 37.3 Å². The number of aliphatic imine (C=N–C) groups is 1. The van der Waals surface area contributed by atoms with E-state index in [1.807, 2.05) is 37.3 Å². The third-order valence-corrected chi connectivity index (χ3v) is 1.56. The van der Waals surface area contributed by atoms with E-state index in [1.54, 1.807) is 6.21 Å². The van der Waals surface area contributed by atoms with Crippen molar-refractivity contribution in [1.82, 2.24) is 0 Å². The standard InChI is InChI=1S/C10H13NO/c1-2-10(12)11-8-9-6-4-3-5-7-9/h3-8,10,12H,2H2,1H3/b11-8+. The average molecular weight is 163 g/mol. The van der Waals surface area contributed by atoms with E-state index < -0.39 is 6.23 Å². The van der Waals surface area contributed by atoms with Crippen LogP contribution in [0.2, 0.25) is 0 Å². The van der Waals surface area contributed by atoms with Crippen molar-refractivity contribution in [1.29, 1.82) is 0 Å². The molecule has 0 aliphatic heterocycles. The van der Waals surface area contributed by atoms with Gasteiger partial charge in [0.2, 0.25) is 0 Å². The first kappa shape index (κ1) is 8.94. The van der Waals surface area contributed by atoms with Crippen LogP contribution in [0, 0.1) is 0 Å². The van der Waals surface area contributed by atoms with Gasteiger partial charge in [-0.2, -0.15) is 0 Å². The van der Waals surface area contributed by atoms with Crippen LogP contribution in [-0.4, -0.2) is 17.5 Å². The molecule has 0 amide bonds. The summed E-state index contributed by atoms with van der Waals surface area (Å²) in [5.74, 6) is 0. The quantitative estimate of drug-likeness (QED) is 0.677. The summed E-state index contributed by atoms with van der Waals surface area (Å²) in [6.45, 7) is 1.90. The second-order valence-electron chi connectivity index (χ2n) is 2.58. The van der Waals surface area contributed by atoms with Gasteiger partial charge in [0, 0.05) is 6.21 Å². The molecule has 0 spiro atoms. The number of aliphatic hydroxyl groups excluding tert-OH is 1. The Morgan fingerprint density at radius 1 is 1.42 bits per heavy atom. The van der Waals surface area contributed by atoms with E-state index in [4.69, 9.17) is 5.11 Å². The van der Waals surface area contributed by atoms with Gasteiger partial charge in [-0.15, -0.1) is 0 Å². The van der Waals surface area contributed by atoms with Crippen LogP contribution < -0.4 is 0 Å². The summed E-state index contributed by atoms with van der Waals surface area (Å²) < 4.78 is 0. The van der Waals surface area contributed by atoms with E-state index >= 15 is 0 Å². The zero-order valence-corrected chi connectivity index (χ0v) is 7.14. The molecule has 0 aromatic heterocycles. The van der Waals surface area contributed by atoms with Crippen LogP contribution in [0.15, 0.2) is 35.3 Å². The molecule has 2 heteroatoms. The summed E-state index contributed by atoms with van der Waals surface area (Å²) in [6, 6.07) is 9.74. The maximum absolute atomic E-state index is 9.12. The molecule has 1 aromatic carbocycles. The Labute approximate surface area is 72.6 Å². The number of benzene rings is 1. The molecular weight excluding hydrogens is 150 g/mol. The fourth-order valence-electron chi connectivity index (χ4n) is 0.817. The van der Waals surface area contributed by atoms with Gasteiger partial charge < -0.3 is 5.11 Å². The van der Waals surface area contributed by atoms with Gasteiger partial charge in [0.25, 0.3) is 0 Å². The number of hydrogen-bond acceptors (Lipinski definition) is 2. The van der Waals surface area contributed by atoms with Crippen molar-refractivity contribution in [2.45, 2.75) is 19.6 Å². The second kappa shape index (κ2) is 4.67. The number of rotatable bonds is 3. The molecule has 0 heterocycles. The summed E-state index contributed by atoms with van der Waals surface area (Å²) in [7, 11) is 0. The lowest BCUT2D eigenvalue weighted by Crippen LogP contribution is -1.99. The summed E-state index contributed by atoms with van der Waals surface area (Å²) in [6.07, 6.45) is 1.78. The molecule has 0 aliphatic rings. The van der Waals surface area contributed by atoms with Crippen LogP contribution in [0.1, 0.15) is 18.9 Å². The lowest BCUT2D eigenvalue weighted by molar-refractivity contribution is 0.181. The molecule has 0 saturated heterocycles. The van der Waals surface area contributed by atoms with Crippen molar-refractivity contribution in [2.75, 3.05) is 0 Å². The monoisotopic (exact) mass is 163 g/mol. The molecule has 2 nitrogen and oxygen atoms in total. The molecule has 64 valence electrons. The summed E-state index contributed by atoms with van der Waals surface area (Å²) >= 11 is 0. The van der Waals surface area contributed by atoms with E-state index in [9.17, 15) is 0 Å². The average Bonchev–Trinajstić information content (AvgIpc) is 2.16. The van der Waals surface area contributed by atoms with E-state index in [0.29, 0.717) is 6.42 Å².